The van der Waals surface area contributed by atoms with Gasteiger partial charge in [0.05, 0.1) is 6.61 Å². The van der Waals surface area contributed by atoms with Gasteiger partial charge < -0.3 is 15.5 Å². The van der Waals surface area contributed by atoms with Crippen LogP contribution in [-0.4, -0.2) is 25.1 Å². The van der Waals surface area contributed by atoms with Gasteiger partial charge in [0.1, 0.15) is 5.75 Å². The summed E-state index contributed by atoms with van der Waals surface area (Å²) in [6.07, 6.45) is 1.74. The van der Waals surface area contributed by atoms with Gasteiger partial charge in [-0.2, -0.15) is 0 Å². The van der Waals surface area contributed by atoms with Gasteiger partial charge in [0.15, 0.2) is 0 Å². The molecule has 0 saturated carbocycles. The van der Waals surface area contributed by atoms with Gasteiger partial charge in [0.25, 0.3) is 0 Å². The molecule has 0 spiro atoms. The second-order valence-corrected chi connectivity index (χ2v) is 4.37. The Kier molecular flexibility index (Phi) is 2.01. The molecule has 1 unspecified atom stereocenters. The lowest BCUT2D eigenvalue weighted by atomic mass is 9.62. The van der Waals surface area contributed by atoms with Crippen LogP contribution in [0.2, 0.25) is 6.32 Å². The molecule has 3 nitrogen and oxygen atoms in total. The van der Waals surface area contributed by atoms with E-state index in [9.17, 15) is 5.02 Å². The lowest BCUT2D eigenvalue weighted by Crippen LogP contribution is -2.25. The minimum absolute atomic E-state index is 0.320. The van der Waals surface area contributed by atoms with E-state index in [-0.39, 0.29) is 6.92 Å². The molecule has 0 aromatic heterocycles. The minimum atomic E-state index is -0.358. The highest BCUT2D eigenvalue weighted by Gasteiger charge is 2.34. The Labute approximate surface area is 89.3 Å². The van der Waals surface area contributed by atoms with Crippen LogP contribution in [0.15, 0.2) is 12.1 Å². The number of ether oxygens (including phenoxy) is 1. The average molecular weight is 203 g/mol. The fourth-order valence-corrected chi connectivity index (χ4v) is 2.65. The van der Waals surface area contributed by atoms with Crippen molar-refractivity contribution in [3.8, 4) is 5.75 Å². The molecule has 2 heterocycles. The second-order valence-electron chi connectivity index (χ2n) is 4.37. The van der Waals surface area contributed by atoms with Crippen LogP contribution in [0.4, 0.5) is 0 Å². The Balaban J connectivity index is 2.11. The SMILES string of the molecule is NCC1CB(O)c2cc3c(cc21)CCO3. The summed E-state index contributed by atoms with van der Waals surface area (Å²) in [5.74, 6) is 1.27. The van der Waals surface area contributed by atoms with Crippen molar-refractivity contribution in [2.75, 3.05) is 13.2 Å². The summed E-state index contributed by atoms with van der Waals surface area (Å²) < 4.78 is 5.50. The lowest BCUT2D eigenvalue weighted by Gasteiger charge is -2.09. The molecule has 0 saturated heterocycles. The van der Waals surface area contributed by atoms with Gasteiger partial charge in [-0.1, -0.05) is 6.07 Å². The van der Waals surface area contributed by atoms with Crippen LogP contribution in [0.1, 0.15) is 17.0 Å². The van der Waals surface area contributed by atoms with E-state index in [0.717, 1.165) is 30.6 Å². The molecule has 0 bridgehead atoms. The second kappa shape index (κ2) is 3.25. The Bertz CT molecular complexity index is 408. The number of hydrogen-bond donors (Lipinski definition) is 2. The molecule has 0 aliphatic carbocycles. The first-order valence-corrected chi connectivity index (χ1v) is 5.47. The number of rotatable bonds is 1. The van der Waals surface area contributed by atoms with Crippen LogP contribution in [0.25, 0.3) is 0 Å². The molecule has 2 aliphatic heterocycles. The molecular weight excluding hydrogens is 189 g/mol. The molecule has 1 atom stereocenters. The first-order chi connectivity index (χ1) is 7.29. The van der Waals surface area contributed by atoms with E-state index < -0.39 is 0 Å². The zero-order valence-corrected chi connectivity index (χ0v) is 8.57. The van der Waals surface area contributed by atoms with E-state index in [0.29, 0.717) is 12.5 Å². The van der Waals surface area contributed by atoms with Crippen molar-refractivity contribution in [2.24, 2.45) is 5.73 Å². The molecule has 3 N–H and O–H groups in total. The van der Waals surface area contributed by atoms with E-state index in [1.165, 1.54) is 11.1 Å². The standard InChI is InChI=1S/C11H14BNO2/c13-6-8-5-12(14)10-4-11-7(1-2-15-11)3-9(8)10/h3-4,8,14H,1-2,5-6,13H2. The molecule has 1 aromatic rings. The third-order valence-corrected chi connectivity index (χ3v) is 3.49. The number of benzene rings is 1. The number of fused-ring (bicyclic) bond motifs is 2. The fourth-order valence-electron chi connectivity index (χ4n) is 2.65. The van der Waals surface area contributed by atoms with Crippen LogP contribution >= 0.6 is 0 Å². The highest BCUT2D eigenvalue weighted by atomic mass is 16.5. The molecule has 1 aromatic carbocycles. The molecule has 15 heavy (non-hydrogen) atoms. The highest BCUT2D eigenvalue weighted by Crippen LogP contribution is 2.33. The van der Waals surface area contributed by atoms with Crippen molar-refractivity contribution in [3.05, 3.63) is 23.3 Å². The summed E-state index contributed by atoms with van der Waals surface area (Å²) >= 11 is 0. The zero-order valence-electron chi connectivity index (χ0n) is 8.57. The molecule has 78 valence electrons. The smallest absolute Gasteiger partial charge is 0.324 e. The molecule has 4 heteroatoms. The fraction of sp³-hybridized carbons (Fsp3) is 0.455. The third kappa shape index (κ3) is 1.29. The average Bonchev–Trinajstić information content (AvgIpc) is 2.81. The van der Waals surface area contributed by atoms with Crippen LogP contribution in [0.5, 0.6) is 5.75 Å². The number of hydrogen-bond acceptors (Lipinski definition) is 3. The predicted octanol–water partition coefficient (Wildman–Crippen LogP) is -0.132. The van der Waals surface area contributed by atoms with Crippen LogP contribution in [0, 0.1) is 0 Å². The zero-order chi connectivity index (χ0) is 10.4. The molecule has 0 fully saturated rings. The van der Waals surface area contributed by atoms with E-state index in [4.69, 9.17) is 10.5 Å². The summed E-state index contributed by atoms with van der Waals surface area (Å²) in [4.78, 5) is 0. The van der Waals surface area contributed by atoms with Crippen LogP contribution in [-0.2, 0) is 6.42 Å². The van der Waals surface area contributed by atoms with Crippen molar-refractivity contribution in [1.29, 1.82) is 0 Å². The molecule has 0 radical (unpaired) electrons. The first-order valence-electron chi connectivity index (χ1n) is 5.47. The summed E-state index contributed by atoms with van der Waals surface area (Å²) in [7, 11) is 0. The van der Waals surface area contributed by atoms with Gasteiger partial charge in [0, 0.05) is 6.42 Å². The maximum atomic E-state index is 9.90. The normalized spacial score (nSPS) is 22.5. The third-order valence-electron chi connectivity index (χ3n) is 3.49. The summed E-state index contributed by atoms with van der Waals surface area (Å²) in [6.45, 7) is 1.02. The maximum absolute atomic E-state index is 9.90. The van der Waals surface area contributed by atoms with E-state index >= 15 is 0 Å². The van der Waals surface area contributed by atoms with Crippen LogP contribution < -0.4 is 15.9 Å². The number of nitrogens with two attached hydrogens (primary N) is 1. The topological polar surface area (TPSA) is 55.5 Å². The molecule has 0 amide bonds. The monoisotopic (exact) mass is 203 g/mol. The van der Waals surface area contributed by atoms with Gasteiger partial charge in [-0.25, -0.2) is 0 Å². The highest BCUT2D eigenvalue weighted by molar-refractivity contribution is 6.68. The van der Waals surface area contributed by atoms with Crippen molar-refractivity contribution in [1.82, 2.24) is 0 Å². The van der Waals surface area contributed by atoms with Crippen LogP contribution in [0.3, 0.4) is 0 Å². The Morgan fingerprint density at radius 1 is 1.53 bits per heavy atom. The Hall–Kier alpha value is -0.995. The van der Waals surface area contributed by atoms with Crippen molar-refractivity contribution >= 4 is 12.4 Å². The minimum Gasteiger partial charge on any atom is -0.493 e. The van der Waals surface area contributed by atoms with Gasteiger partial charge in [-0.05, 0) is 41.4 Å². The summed E-state index contributed by atoms with van der Waals surface area (Å²) in [5, 5.41) is 9.90. The van der Waals surface area contributed by atoms with Gasteiger partial charge in [0.2, 0.25) is 0 Å². The van der Waals surface area contributed by atoms with E-state index in [2.05, 4.69) is 6.07 Å². The quantitative estimate of drug-likeness (QED) is 0.625. The largest absolute Gasteiger partial charge is 0.493 e. The van der Waals surface area contributed by atoms with Gasteiger partial charge in [-0.3, -0.25) is 0 Å². The van der Waals surface area contributed by atoms with E-state index in [1.807, 2.05) is 6.07 Å². The van der Waals surface area contributed by atoms with Gasteiger partial charge >= 0.3 is 6.92 Å². The predicted molar refractivity (Wildman–Crippen MR) is 59.9 cm³/mol. The Morgan fingerprint density at radius 3 is 3.20 bits per heavy atom. The van der Waals surface area contributed by atoms with Gasteiger partial charge in [-0.15, -0.1) is 0 Å². The maximum Gasteiger partial charge on any atom is 0.324 e. The van der Waals surface area contributed by atoms with Crippen molar-refractivity contribution in [3.63, 3.8) is 0 Å². The summed E-state index contributed by atoms with van der Waals surface area (Å²) in [5.41, 5.74) is 9.23. The van der Waals surface area contributed by atoms with E-state index in [1.54, 1.807) is 0 Å². The molecular formula is C11H14BNO2. The van der Waals surface area contributed by atoms with Crippen molar-refractivity contribution in [2.45, 2.75) is 18.7 Å². The molecule has 2 aliphatic rings. The lowest BCUT2D eigenvalue weighted by molar-refractivity contribution is 0.357. The molecule has 3 rings (SSSR count). The first kappa shape index (κ1) is 9.25. The Morgan fingerprint density at radius 2 is 2.40 bits per heavy atom. The van der Waals surface area contributed by atoms with Crippen molar-refractivity contribution < 1.29 is 9.76 Å². The summed E-state index contributed by atoms with van der Waals surface area (Å²) in [6, 6.07) is 4.17.